The van der Waals surface area contributed by atoms with Gasteiger partial charge >= 0.3 is 0 Å². The van der Waals surface area contributed by atoms with Crippen molar-refractivity contribution in [1.82, 2.24) is 4.90 Å². The van der Waals surface area contributed by atoms with Gasteiger partial charge in [-0.2, -0.15) is 0 Å². The van der Waals surface area contributed by atoms with Crippen LogP contribution in [0.5, 0.6) is 0 Å². The van der Waals surface area contributed by atoms with E-state index in [1.165, 1.54) is 0 Å². The van der Waals surface area contributed by atoms with E-state index in [0.717, 1.165) is 13.1 Å². The third kappa shape index (κ3) is 6.58. The summed E-state index contributed by atoms with van der Waals surface area (Å²) in [5.74, 6) is 0. The highest BCUT2D eigenvalue weighted by molar-refractivity contribution is 4.54. The third-order valence-corrected chi connectivity index (χ3v) is 1.44. The fourth-order valence-electron chi connectivity index (χ4n) is 0.684. The highest BCUT2D eigenvalue weighted by Crippen LogP contribution is 2.06. The first-order chi connectivity index (χ1) is 5.49. The van der Waals surface area contributed by atoms with Gasteiger partial charge in [0.15, 0.2) is 0 Å². The van der Waals surface area contributed by atoms with Gasteiger partial charge in [0.25, 0.3) is 0 Å². The molecule has 0 aliphatic carbocycles. The molecule has 0 aliphatic rings. The van der Waals surface area contributed by atoms with Crippen LogP contribution >= 0.6 is 0 Å². The van der Waals surface area contributed by atoms with Gasteiger partial charge in [0.05, 0.1) is 5.60 Å². The number of rotatable bonds is 5. The van der Waals surface area contributed by atoms with Gasteiger partial charge < -0.3 is 0 Å². The van der Waals surface area contributed by atoms with Crippen molar-refractivity contribution in [2.24, 2.45) is 0 Å². The zero-order valence-corrected chi connectivity index (χ0v) is 8.89. The monoisotopic (exact) mass is 175 g/mol. The van der Waals surface area contributed by atoms with Crippen molar-refractivity contribution >= 4 is 0 Å². The Bertz CT molecular complexity index is 106. The molecule has 0 heterocycles. The van der Waals surface area contributed by atoms with E-state index in [9.17, 15) is 0 Å². The Balaban J connectivity index is 3.41. The van der Waals surface area contributed by atoms with Crippen LogP contribution in [0.25, 0.3) is 0 Å². The SMILES string of the molecule is CCN(CC)COOC(C)(C)C. The van der Waals surface area contributed by atoms with Gasteiger partial charge in [-0.1, -0.05) is 13.8 Å². The van der Waals surface area contributed by atoms with Gasteiger partial charge in [-0.3, -0.25) is 4.90 Å². The second kappa shape index (κ2) is 5.51. The van der Waals surface area contributed by atoms with E-state index in [1.807, 2.05) is 20.8 Å². The molecule has 0 rings (SSSR count). The topological polar surface area (TPSA) is 21.7 Å². The molecule has 3 nitrogen and oxygen atoms in total. The van der Waals surface area contributed by atoms with E-state index in [4.69, 9.17) is 9.78 Å². The fraction of sp³-hybridized carbons (Fsp3) is 1.00. The summed E-state index contributed by atoms with van der Waals surface area (Å²) in [5, 5.41) is 0. The van der Waals surface area contributed by atoms with Gasteiger partial charge in [-0.15, -0.1) is 0 Å². The van der Waals surface area contributed by atoms with Crippen molar-refractivity contribution in [2.75, 3.05) is 19.8 Å². The van der Waals surface area contributed by atoms with Crippen molar-refractivity contribution in [3.05, 3.63) is 0 Å². The van der Waals surface area contributed by atoms with E-state index in [2.05, 4.69) is 18.7 Å². The first-order valence-corrected chi connectivity index (χ1v) is 4.52. The lowest BCUT2D eigenvalue weighted by Crippen LogP contribution is -2.29. The lowest BCUT2D eigenvalue weighted by molar-refractivity contribution is -0.364. The second-order valence-corrected chi connectivity index (χ2v) is 3.75. The van der Waals surface area contributed by atoms with Gasteiger partial charge in [-0.05, 0) is 33.9 Å². The lowest BCUT2D eigenvalue weighted by atomic mass is 10.2. The number of nitrogens with zero attached hydrogens (tertiary/aromatic N) is 1. The summed E-state index contributed by atoms with van der Waals surface area (Å²) in [7, 11) is 0. The molecule has 12 heavy (non-hydrogen) atoms. The third-order valence-electron chi connectivity index (χ3n) is 1.44. The van der Waals surface area contributed by atoms with E-state index in [1.54, 1.807) is 0 Å². The van der Waals surface area contributed by atoms with Crippen LogP contribution in [0.3, 0.4) is 0 Å². The van der Waals surface area contributed by atoms with Crippen molar-refractivity contribution in [3.63, 3.8) is 0 Å². The number of hydrogen-bond donors (Lipinski definition) is 0. The van der Waals surface area contributed by atoms with Crippen LogP contribution in [0, 0.1) is 0 Å². The molecule has 3 heteroatoms. The molecule has 0 aromatic heterocycles. The zero-order valence-electron chi connectivity index (χ0n) is 8.89. The molecular formula is C9H21NO2. The second-order valence-electron chi connectivity index (χ2n) is 3.75. The zero-order chi connectivity index (χ0) is 9.61. The van der Waals surface area contributed by atoms with Crippen LogP contribution < -0.4 is 0 Å². The molecule has 0 amide bonds. The van der Waals surface area contributed by atoms with E-state index >= 15 is 0 Å². The molecular weight excluding hydrogens is 154 g/mol. The maximum atomic E-state index is 5.12. The molecule has 0 radical (unpaired) electrons. The summed E-state index contributed by atoms with van der Waals surface area (Å²) >= 11 is 0. The van der Waals surface area contributed by atoms with Crippen molar-refractivity contribution in [2.45, 2.75) is 40.2 Å². The van der Waals surface area contributed by atoms with Gasteiger partial charge in [-0.25, -0.2) is 9.78 Å². The minimum absolute atomic E-state index is 0.215. The average molecular weight is 175 g/mol. The summed E-state index contributed by atoms with van der Waals surface area (Å²) in [4.78, 5) is 12.3. The number of hydrogen-bond acceptors (Lipinski definition) is 3. The van der Waals surface area contributed by atoms with Crippen molar-refractivity contribution in [3.8, 4) is 0 Å². The smallest absolute Gasteiger partial charge is 0.135 e. The Labute approximate surface area is 75.6 Å². The quantitative estimate of drug-likeness (QED) is 0.362. The molecule has 0 atom stereocenters. The standard InChI is InChI=1S/C9H21NO2/c1-6-10(7-2)8-11-12-9(3,4)5/h6-8H2,1-5H3. The maximum Gasteiger partial charge on any atom is 0.135 e. The summed E-state index contributed by atoms with van der Waals surface area (Å²) < 4.78 is 0. The van der Waals surface area contributed by atoms with Crippen LogP contribution in [0.2, 0.25) is 0 Å². The van der Waals surface area contributed by atoms with Crippen LogP contribution in [0.15, 0.2) is 0 Å². The molecule has 0 saturated heterocycles. The molecule has 0 bridgehead atoms. The van der Waals surface area contributed by atoms with E-state index < -0.39 is 0 Å². The summed E-state index contributed by atoms with van der Waals surface area (Å²) in [6.07, 6.45) is 0. The van der Waals surface area contributed by atoms with Crippen molar-refractivity contribution < 1.29 is 9.78 Å². The first kappa shape index (κ1) is 11.9. The maximum absolute atomic E-state index is 5.12. The summed E-state index contributed by atoms with van der Waals surface area (Å²) in [6, 6.07) is 0. The molecule has 74 valence electrons. The minimum Gasteiger partial charge on any atom is -0.279 e. The lowest BCUT2D eigenvalue weighted by Gasteiger charge is -2.22. The first-order valence-electron chi connectivity index (χ1n) is 4.52. The summed E-state index contributed by atoms with van der Waals surface area (Å²) in [6.45, 7) is 12.6. The van der Waals surface area contributed by atoms with Gasteiger partial charge in [0.1, 0.15) is 6.73 Å². The van der Waals surface area contributed by atoms with Crippen LogP contribution in [0.4, 0.5) is 0 Å². The Morgan fingerprint density at radius 2 is 1.58 bits per heavy atom. The van der Waals surface area contributed by atoms with Crippen LogP contribution in [-0.2, 0) is 9.78 Å². The van der Waals surface area contributed by atoms with Crippen LogP contribution in [-0.4, -0.2) is 30.3 Å². The average Bonchev–Trinajstić information content (AvgIpc) is 1.96. The van der Waals surface area contributed by atoms with Crippen LogP contribution in [0.1, 0.15) is 34.6 Å². The molecule has 0 unspecified atom stereocenters. The molecule has 0 saturated carbocycles. The molecule has 0 fully saturated rings. The van der Waals surface area contributed by atoms with Gasteiger partial charge in [0.2, 0.25) is 0 Å². The van der Waals surface area contributed by atoms with Gasteiger partial charge in [0, 0.05) is 0 Å². The molecule has 0 aliphatic heterocycles. The molecule has 0 N–H and O–H groups in total. The van der Waals surface area contributed by atoms with Crippen molar-refractivity contribution in [1.29, 1.82) is 0 Å². The highest BCUT2D eigenvalue weighted by Gasteiger charge is 2.11. The largest absolute Gasteiger partial charge is 0.279 e. The minimum atomic E-state index is -0.215. The normalized spacial score (nSPS) is 12.5. The van der Waals surface area contributed by atoms with E-state index in [0.29, 0.717) is 6.73 Å². The highest BCUT2D eigenvalue weighted by atomic mass is 17.2. The Hall–Kier alpha value is -0.120. The van der Waals surface area contributed by atoms with E-state index in [-0.39, 0.29) is 5.60 Å². The predicted molar refractivity (Wildman–Crippen MR) is 49.7 cm³/mol. The predicted octanol–water partition coefficient (Wildman–Crippen LogP) is 2.03. The summed E-state index contributed by atoms with van der Waals surface area (Å²) in [5.41, 5.74) is -0.215. The molecule has 0 spiro atoms. The Morgan fingerprint density at radius 3 is 1.92 bits per heavy atom. The molecule has 0 aromatic rings. The fourth-order valence-corrected chi connectivity index (χ4v) is 0.684. The Morgan fingerprint density at radius 1 is 1.08 bits per heavy atom. The Kier molecular flexibility index (Phi) is 5.46. The molecule has 0 aromatic carbocycles.